The topological polar surface area (TPSA) is 9.23 Å². The van der Waals surface area contributed by atoms with E-state index in [0.717, 1.165) is 27.5 Å². The lowest BCUT2D eigenvalue weighted by atomic mass is 10.0. The molecule has 0 heterocycles. The summed E-state index contributed by atoms with van der Waals surface area (Å²) < 4.78 is 5.73. The molecule has 0 N–H and O–H groups in total. The molecule has 0 fully saturated rings. The van der Waals surface area contributed by atoms with E-state index in [0.29, 0.717) is 18.3 Å². The normalized spacial score (nSPS) is 10.7. The Bertz CT molecular complexity index is 413. The SMILES string of the molecule is C=C(CS)COc1cc(C(C)C)c(Cl)cc1C. The summed E-state index contributed by atoms with van der Waals surface area (Å²) in [6.07, 6.45) is 0. The quantitative estimate of drug-likeness (QED) is 0.606. The van der Waals surface area contributed by atoms with Gasteiger partial charge in [0, 0.05) is 10.8 Å². The number of ether oxygens (including phenoxy) is 1. The summed E-state index contributed by atoms with van der Waals surface area (Å²) in [6, 6.07) is 3.98. The van der Waals surface area contributed by atoms with Crippen LogP contribution in [0.1, 0.15) is 30.9 Å². The Morgan fingerprint density at radius 3 is 2.65 bits per heavy atom. The second-order valence-corrected chi connectivity index (χ2v) is 5.21. The highest BCUT2D eigenvalue weighted by Gasteiger charge is 2.10. The van der Waals surface area contributed by atoms with Gasteiger partial charge >= 0.3 is 0 Å². The number of rotatable bonds is 5. The number of hydrogen-bond acceptors (Lipinski definition) is 2. The van der Waals surface area contributed by atoms with Crippen molar-refractivity contribution in [2.45, 2.75) is 26.7 Å². The highest BCUT2D eigenvalue weighted by Crippen LogP contribution is 2.31. The zero-order chi connectivity index (χ0) is 13.0. The summed E-state index contributed by atoms with van der Waals surface area (Å²) in [5.74, 6) is 1.91. The fourth-order valence-corrected chi connectivity index (χ4v) is 2.02. The van der Waals surface area contributed by atoms with E-state index in [2.05, 4.69) is 33.1 Å². The number of benzene rings is 1. The Labute approximate surface area is 114 Å². The number of hydrogen-bond donors (Lipinski definition) is 1. The largest absolute Gasteiger partial charge is 0.489 e. The number of halogens is 1. The van der Waals surface area contributed by atoms with E-state index in [1.165, 1.54) is 0 Å². The summed E-state index contributed by atoms with van der Waals surface area (Å²) in [5.41, 5.74) is 3.13. The van der Waals surface area contributed by atoms with E-state index in [4.69, 9.17) is 16.3 Å². The van der Waals surface area contributed by atoms with Crippen molar-refractivity contribution in [2.24, 2.45) is 0 Å². The second-order valence-electron chi connectivity index (χ2n) is 4.49. The maximum absolute atomic E-state index is 6.20. The Morgan fingerprint density at radius 2 is 2.12 bits per heavy atom. The van der Waals surface area contributed by atoms with Crippen molar-refractivity contribution in [3.63, 3.8) is 0 Å². The van der Waals surface area contributed by atoms with Crippen molar-refractivity contribution in [3.8, 4) is 5.75 Å². The molecule has 1 rings (SSSR count). The third kappa shape index (κ3) is 3.97. The first-order chi connectivity index (χ1) is 7.95. The third-order valence-corrected chi connectivity index (χ3v) is 3.35. The first-order valence-corrected chi connectivity index (χ1v) is 6.67. The predicted molar refractivity (Wildman–Crippen MR) is 78.8 cm³/mol. The minimum atomic E-state index is 0.388. The van der Waals surface area contributed by atoms with Gasteiger partial charge in [-0.2, -0.15) is 12.6 Å². The molecule has 0 radical (unpaired) electrons. The maximum atomic E-state index is 6.20. The molecule has 0 aliphatic rings. The first-order valence-electron chi connectivity index (χ1n) is 5.66. The van der Waals surface area contributed by atoms with Gasteiger partial charge in [-0.3, -0.25) is 0 Å². The third-order valence-electron chi connectivity index (χ3n) is 2.57. The van der Waals surface area contributed by atoms with E-state index in [1.54, 1.807) is 0 Å². The first kappa shape index (κ1) is 14.5. The fourth-order valence-electron chi connectivity index (χ4n) is 1.49. The van der Waals surface area contributed by atoms with Gasteiger partial charge < -0.3 is 4.74 Å². The molecular formula is C14H19ClOS. The number of aryl methyl sites for hydroxylation is 1. The highest BCUT2D eigenvalue weighted by molar-refractivity contribution is 7.80. The molecule has 0 saturated heterocycles. The van der Waals surface area contributed by atoms with Gasteiger partial charge in [0.05, 0.1) is 0 Å². The van der Waals surface area contributed by atoms with Crippen LogP contribution >= 0.6 is 24.2 Å². The van der Waals surface area contributed by atoms with Crippen LogP contribution < -0.4 is 4.74 Å². The van der Waals surface area contributed by atoms with Crippen LogP contribution in [0.4, 0.5) is 0 Å². The van der Waals surface area contributed by atoms with Crippen LogP contribution in [0.3, 0.4) is 0 Å². The van der Waals surface area contributed by atoms with Crippen LogP contribution in [0, 0.1) is 6.92 Å². The standard InChI is InChI=1S/C14H19ClOS/c1-9(2)12-6-14(11(4)5-13(12)15)16-7-10(3)8-17/h5-6,9,17H,3,7-8H2,1-2,4H3. The lowest BCUT2D eigenvalue weighted by molar-refractivity contribution is 0.350. The fraction of sp³-hybridized carbons (Fsp3) is 0.429. The molecule has 0 aliphatic heterocycles. The van der Waals surface area contributed by atoms with E-state index in [1.807, 2.05) is 19.1 Å². The monoisotopic (exact) mass is 270 g/mol. The maximum Gasteiger partial charge on any atom is 0.123 e. The van der Waals surface area contributed by atoms with Crippen LogP contribution in [-0.2, 0) is 0 Å². The van der Waals surface area contributed by atoms with Crippen molar-refractivity contribution in [2.75, 3.05) is 12.4 Å². The van der Waals surface area contributed by atoms with Gasteiger partial charge in [-0.15, -0.1) is 0 Å². The minimum Gasteiger partial charge on any atom is -0.489 e. The number of thiol groups is 1. The van der Waals surface area contributed by atoms with Crippen molar-refractivity contribution in [1.82, 2.24) is 0 Å². The Balaban J connectivity index is 2.92. The molecule has 0 spiro atoms. The lowest BCUT2D eigenvalue weighted by Crippen LogP contribution is -2.03. The molecule has 1 nitrogen and oxygen atoms in total. The van der Waals surface area contributed by atoms with Crippen molar-refractivity contribution >= 4 is 24.2 Å². The van der Waals surface area contributed by atoms with Gasteiger partial charge in [0.1, 0.15) is 12.4 Å². The molecule has 0 unspecified atom stereocenters. The lowest BCUT2D eigenvalue weighted by Gasteiger charge is -2.15. The summed E-state index contributed by atoms with van der Waals surface area (Å²) in [5, 5.41) is 0.804. The highest BCUT2D eigenvalue weighted by atomic mass is 35.5. The second kappa shape index (κ2) is 6.36. The molecular weight excluding hydrogens is 252 g/mol. The molecule has 0 bridgehead atoms. The van der Waals surface area contributed by atoms with E-state index < -0.39 is 0 Å². The van der Waals surface area contributed by atoms with Crippen molar-refractivity contribution in [1.29, 1.82) is 0 Å². The summed E-state index contributed by atoms with van der Waals surface area (Å²) in [7, 11) is 0. The summed E-state index contributed by atoms with van der Waals surface area (Å²) in [4.78, 5) is 0. The average molecular weight is 271 g/mol. The van der Waals surface area contributed by atoms with E-state index in [9.17, 15) is 0 Å². The Kier molecular flexibility index (Phi) is 5.41. The molecule has 0 aliphatic carbocycles. The van der Waals surface area contributed by atoms with Crippen LogP contribution in [0.2, 0.25) is 5.02 Å². The van der Waals surface area contributed by atoms with E-state index in [-0.39, 0.29) is 0 Å². The van der Waals surface area contributed by atoms with Crippen LogP contribution in [0.5, 0.6) is 5.75 Å². The van der Waals surface area contributed by atoms with Crippen molar-refractivity contribution in [3.05, 3.63) is 40.4 Å². The van der Waals surface area contributed by atoms with Gasteiger partial charge in [-0.25, -0.2) is 0 Å². The zero-order valence-corrected chi connectivity index (χ0v) is 12.2. The van der Waals surface area contributed by atoms with Gasteiger partial charge in [0.2, 0.25) is 0 Å². The zero-order valence-electron chi connectivity index (χ0n) is 10.6. The molecule has 3 heteroatoms. The van der Waals surface area contributed by atoms with Gasteiger partial charge in [0.15, 0.2) is 0 Å². The molecule has 0 saturated carbocycles. The van der Waals surface area contributed by atoms with Crippen molar-refractivity contribution < 1.29 is 4.74 Å². The Morgan fingerprint density at radius 1 is 1.47 bits per heavy atom. The summed E-state index contributed by atoms with van der Waals surface area (Å²) in [6.45, 7) is 10.6. The van der Waals surface area contributed by atoms with Crippen LogP contribution in [0.15, 0.2) is 24.3 Å². The molecule has 0 amide bonds. The van der Waals surface area contributed by atoms with Gasteiger partial charge in [-0.05, 0) is 41.7 Å². The Hall–Kier alpha value is -0.600. The van der Waals surface area contributed by atoms with Gasteiger partial charge in [0.25, 0.3) is 0 Å². The molecule has 1 aromatic carbocycles. The molecule has 0 aromatic heterocycles. The van der Waals surface area contributed by atoms with Gasteiger partial charge in [-0.1, -0.05) is 32.0 Å². The van der Waals surface area contributed by atoms with Crippen LogP contribution in [-0.4, -0.2) is 12.4 Å². The van der Waals surface area contributed by atoms with Crippen LogP contribution in [0.25, 0.3) is 0 Å². The minimum absolute atomic E-state index is 0.388. The van der Waals surface area contributed by atoms with E-state index >= 15 is 0 Å². The smallest absolute Gasteiger partial charge is 0.123 e. The summed E-state index contributed by atoms with van der Waals surface area (Å²) >= 11 is 10.4. The molecule has 1 aromatic rings. The predicted octanol–water partition coefficient (Wildman–Crippen LogP) is 4.64. The average Bonchev–Trinajstić information content (AvgIpc) is 2.26. The molecule has 0 atom stereocenters. The molecule has 94 valence electrons. The molecule has 17 heavy (non-hydrogen) atoms.